The first kappa shape index (κ1) is 18.3. The Bertz CT molecular complexity index is 972. The zero-order valence-corrected chi connectivity index (χ0v) is 16.5. The van der Waals surface area contributed by atoms with Crippen LogP contribution in [0, 0.1) is 6.92 Å². The summed E-state index contributed by atoms with van der Waals surface area (Å²) in [6.45, 7) is 5.50. The second-order valence-electron chi connectivity index (χ2n) is 8.64. The van der Waals surface area contributed by atoms with Crippen LogP contribution < -0.4 is 15.1 Å². The molecule has 2 bridgehead atoms. The van der Waals surface area contributed by atoms with E-state index in [-0.39, 0.29) is 18.9 Å². The van der Waals surface area contributed by atoms with Crippen molar-refractivity contribution >= 4 is 17.5 Å². The third-order valence-electron chi connectivity index (χ3n) is 6.23. The van der Waals surface area contributed by atoms with Crippen molar-refractivity contribution in [3.8, 4) is 11.3 Å². The molecule has 8 heteroatoms. The lowest BCUT2D eigenvalue weighted by Gasteiger charge is -2.44. The molecule has 2 aromatic rings. The second-order valence-corrected chi connectivity index (χ2v) is 8.64. The van der Waals surface area contributed by atoms with Crippen molar-refractivity contribution in [2.45, 2.75) is 50.6 Å². The number of carbonyl (C=O) groups is 1. The number of aromatic nitrogens is 2. The molecule has 29 heavy (non-hydrogen) atoms. The van der Waals surface area contributed by atoms with E-state index in [1.165, 1.54) is 0 Å². The molecule has 0 aromatic carbocycles. The molecule has 2 aliphatic heterocycles. The Labute approximate surface area is 167 Å². The number of nitrogens with one attached hydrogen (secondary N) is 1. The lowest BCUT2D eigenvalue weighted by molar-refractivity contribution is -0.0895. The molecule has 2 aromatic heterocycles. The average molecular weight is 399 g/mol. The fourth-order valence-electron chi connectivity index (χ4n) is 4.57. The van der Waals surface area contributed by atoms with E-state index < -0.39 is 17.5 Å². The predicted molar refractivity (Wildman–Crippen MR) is 106 cm³/mol. The van der Waals surface area contributed by atoms with Crippen LogP contribution in [0.15, 0.2) is 30.5 Å². The summed E-state index contributed by atoms with van der Waals surface area (Å²) < 4.78 is 26.4. The van der Waals surface area contributed by atoms with Gasteiger partial charge < -0.3 is 10.2 Å². The molecule has 2 amide bonds. The summed E-state index contributed by atoms with van der Waals surface area (Å²) in [5, 5.41) is 2.79. The molecule has 1 unspecified atom stereocenters. The van der Waals surface area contributed by atoms with Gasteiger partial charge in [0.2, 0.25) is 0 Å². The lowest BCUT2D eigenvalue weighted by Crippen LogP contribution is -2.61. The number of pyridine rings is 2. The van der Waals surface area contributed by atoms with Crippen LogP contribution in [0.3, 0.4) is 0 Å². The van der Waals surface area contributed by atoms with Crippen LogP contribution in [0.25, 0.3) is 11.3 Å². The van der Waals surface area contributed by atoms with E-state index in [1.54, 1.807) is 11.1 Å². The van der Waals surface area contributed by atoms with E-state index in [9.17, 15) is 13.6 Å². The van der Waals surface area contributed by atoms with E-state index in [2.05, 4.69) is 15.2 Å². The smallest absolute Gasteiger partial charge is 0.323 e. The van der Waals surface area contributed by atoms with Crippen molar-refractivity contribution in [2.24, 2.45) is 0 Å². The summed E-state index contributed by atoms with van der Waals surface area (Å²) >= 11 is 0. The van der Waals surface area contributed by atoms with Crippen molar-refractivity contribution in [1.82, 2.24) is 15.3 Å². The van der Waals surface area contributed by atoms with Crippen LogP contribution in [0.2, 0.25) is 0 Å². The maximum Gasteiger partial charge on any atom is 0.323 e. The molecule has 1 aliphatic carbocycles. The van der Waals surface area contributed by atoms with Crippen LogP contribution in [0.1, 0.15) is 31.9 Å². The number of hydrogen-bond donors (Lipinski definition) is 1. The number of rotatable bonds is 2. The van der Waals surface area contributed by atoms with Gasteiger partial charge in [-0.15, -0.1) is 0 Å². The summed E-state index contributed by atoms with van der Waals surface area (Å²) in [5.74, 6) is -2.09. The number of anilines is 2. The zero-order valence-electron chi connectivity index (χ0n) is 16.5. The predicted octanol–water partition coefficient (Wildman–Crippen LogP) is 3.75. The minimum atomic E-state index is -2.67. The molecule has 4 heterocycles. The fraction of sp³-hybridized carbons (Fsp3) is 0.476. The van der Waals surface area contributed by atoms with Gasteiger partial charge in [-0.05, 0) is 44.5 Å². The lowest BCUT2D eigenvalue weighted by atomic mass is 9.88. The number of alkyl halides is 2. The normalized spacial score (nSPS) is 24.8. The highest BCUT2D eigenvalue weighted by molar-refractivity contribution is 5.98. The van der Waals surface area contributed by atoms with Crippen LogP contribution in [-0.2, 0) is 0 Å². The molecular weight excluding hydrogens is 376 g/mol. The number of nitrogens with zero attached hydrogens (tertiary/aromatic N) is 4. The van der Waals surface area contributed by atoms with Gasteiger partial charge in [0.05, 0.1) is 16.9 Å². The molecule has 5 rings (SSSR count). The maximum atomic E-state index is 13.2. The van der Waals surface area contributed by atoms with E-state index in [0.717, 1.165) is 35.6 Å². The Balaban J connectivity index is 1.51. The topological polar surface area (TPSA) is 61.4 Å². The van der Waals surface area contributed by atoms with Gasteiger partial charge in [0.25, 0.3) is 5.92 Å². The molecule has 0 spiro atoms. The third kappa shape index (κ3) is 3.01. The Morgan fingerprint density at radius 2 is 2.03 bits per heavy atom. The summed E-state index contributed by atoms with van der Waals surface area (Å²) in [7, 11) is 0. The number of carbonyl (C=O) groups excluding carboxylic acids is 1. The standard InChI is InChI=1S/C21H23F2N5O/c1-13-3-4-14(11-24-13)16-5-6-17-18(26-16)28(20(2)7-8-27(17)12-20)19(29)25-15-9-21(22,23)10-15/h3-6,11,15H,7-10,12H2,1-2H3,(H,25,29). The van der Waals surface area contributed by atoms with Crippen molar-refractivity contribution in [1.29, 1.82) is 0 Å². The molecule has 152 valence electrons. The molecule has 1 saturated carbocycles. The average Bonchev–Trinajstić information content (AvgIpc) is 2.98. The Morgan fingerprint density at radius 1 is 1.24 bits per heavy atom. The van der Waals surface area contributed by atoms with Gasteiger partial charge in [0.15, 0.2) is 5.82 Å². The van der Waals surface area contributed by atoms with Crippen LogP contribution in [-0.4, -0.2) is 46.6 Å². The minimum absolute atomic E-state index is 0.301. The van der Waals surface area contributed by atoms with Crippen molar-refractivity contribution in [2.75, 3.05) is 22.9 Å². The van der Waals surface area contributed by atoms with Crippen LogP contribution in [0.5, 0.6) is 0 Å². The minimum Gasteiger partial charge on any atom is -0.366 e. The van der Waals surface area contributed by atoms with Gasteiger partial charge in [0.1, 0.15) is 0 Å². The first-order chi connectivity index (χ1) is 13.7. The van der Waals surface area contributed by atoms with Crippen molar-refractivity contribution in [3.05, 3.63) is 36.2 Å². The molecule has 1 N–H and O–H groups in total. The van der Waals surface area contributed by atoms with Gasteiger partial charge in [-0.1, -0.05) is 0 Å². The zero-order chi connectivity index (χ0) is 20.4. The highest BCUT2D eigenvalue weighted by atomic mass is 19.3. The monoisotopic (exact) mass is 399 g/mol. The molecule has 1 atom stereocenters. The summed E-state index contributed by atoms with van der Waals surface area (Å²) in [6.07, 6.45) is 1.97. The second kappa shape index (κ2) is 6.11. The molecule has 1 saturated heterocycles. The number of fused-ring (bicyclic) bond motifs is 4. The van der Waals surface area contributed by atoms with Gasteiger partial charge in [-0.2, -0.15) is 0 Å². The number of aryl methyl sites for hydroxylation is 1. The largest absolute Gasteiger partial charge is 0.366 e. The molecule has 2 fully saturated rings. The number of halogens is 2. The summed E-state index contributed by atoms with van der Waals surface area (Å²) in [6, 6.07) is 6.97. The highest BCUT2D eigenvalue weighted by Crippen LogP contribution is 2.45. The van der Waals surface area contributed by atoms with Crippen LogP contribution >= 0.6 is 0 Å². The van der Waals surface area contributed by atoms with Gasteiger partial charge in [0, 0.05) is 49.4 Å². The first-order valence-corrected chi connectivity index (χ1v) is 9.92. The summed E-state index contributed by atoms with van der Waals surface area (Å²) in [5.41, 5.74) is 3.01. The third-order valence-corrected chi connectivity index (χ3v) is 6.23. The number of urea groups is 1. The van der Waals surface area contributed by atoms with Gasteiger partial charge >= 0.3 is 6.03 Å². The number of hydrogen-bond acceptors (Lipinski definition) is 4. The first-order valence-electron chi connectivity index (χ1n) is 9.92. The Kier molecular flexibility index (Phi) is 3.85. The maximum absolute atomic E-state index is 13.2. The van der Waals surface area contributed by atoms with E-state index in [4.69, 9.17) is 4.98 Å². The van der Waals surface area contributed by atoms with Crippen molar-refractivity contribution < 1.29 is 13.6 Å². The SMILES string of the molecule is Cc1ccc(-c2ccc3c(n2)N(C(=O)NC2CC(F)(F)C2)C2(C)CCN3C2)cn1. The molecule has 0 radical (unpaired) electrons. The Morgan fingerprint density at radius 3 is 2.72 bits per heavy atom. The number of amides is 2. The van der Waals surface area contributed by atoms with Gasteiger partial charge in [-0.25, -0.2) is 18.6 Å². The van der Waals surface area contributed by atoms with E-state index in [1.807, 2.05) is 38.1 Å². The highest BCUT2D eigenvalue weighted by Gasteiger charge is 2.51. The van der Waals surface area contributed by atoms with Crippen LogP contribution in [0.4, 0.5) is 25.1 Å². The summed E-state index contributed by atoms with van der Waals surface area (Å²) in [4.78, 5) is 26.2. The molecule has 3 aliphatic rings. The van der Waals surface area contributed by atoms with Crippen molar-refractivity contribution in [3.63, 3.8) is 0 Å². The quantitative estimate of drug-likeness (QED) is 0.836. The molecular formula is C21H23F2N5O. The Hall–Kier alpha value is -2.77. The van der Waals surface area contributed by atoms with E-state index >= 15 is 0 Å². The molecule has 6 nitrogen and oxygen atoms in total. The fourth-order valence-corrected chi connectivity index (χ4v) is 4.57. The van der Waals surface area contributed by atoms with E-state index in [0.29, 0.717) is 12.4 Å². The van der Waals surface area contributed by atoms with Gasteiger partial charge in [-0.3, -0.25) is 9.88 Å².